The molecular formula is C4H8ClO2. The summed E-state index contributed by atoms with van der Waals surface area (Å²) < 4.78 is 9.08. The minimum Gasteiger partial charge on any atom is -0.377 e. The predicted molar refractivity (Wildman–Crippen MR) is 28.0 cm³/mol. The van der Waals surface area contributed by atoms with Crippen molar-refractivity contribution in [2.75, 3.05) is 19.3 Å². The Kier molecular flexibility index (Phi) is 6.40. The molecule has 2 nitrogen and oxygen atoms in total. The molecule has 0 rings (SSSR count). The number of rotatable bonds is 4. The van der Waals surface area contributed by atoms with Gasteiger partial charge < -0.3 is 9.47 Å². The average molecular weight is 124 g/mol. The number of hydrogen-bond donors (Lipinski definition) is 0. The fourth-order valence-corrected chi connectivity index (χ4v) is 0.282. The van der Waals surface area contributed by atoms with Crippen LogP contribution in [0.5, 0.6) is 0 Å². The Balaban J connectivity index is 2.45. The summed E-state index contributed by atoms with van der Waals surface area (Å²) in [5.74, 6) is 0. The van der Waals surface area contributed by atoms with Gasteiger partial charge in [0, 0.05) is 0 Å². The van der Waals surface area contributed by atoms with Gasteiger partial charge in [-0.1, -0.05) is 11.6 Å². The van der Waals surface area contributed by atoms with Crippen LogP contribution in [0.1, 0.15) is 0 Å². The summed E-state index contributed by atoms with van der Waals surface area (Å²) in [6.07, 6.45) is 0. The Morgan fingerprint density at radius 1 is 1.43 bits per heavy atom. The molecule has 1 radical (unpaired) electrons. The lowest BCUT2D eigenvalue weighted by atomic mass is 10.8. The van der Waals surface area contributed by atoms with Crippen LogP contribution in [0.2, 0.25) is 0 Å². The van der Waals surface area contributed by atoms with Gasteiger partial charge in [-0.25, -0.2) is 0 Å². The van der Waals surface area contributed by atoms with E-state index < -0.39 is 0 Å². The summed E-state index contributed by atoms with van der Waals surface area (Å²) in [6.45, 7) is 1.03. The van der Waals surface area contributed by atoms with E-state index in [0.717, 1.165) is 0 Å². The van der Waals surface area contributed by atoms with Gasteiger partial charge in [0.1, 0.15) is 6.07 Å². The predicted octanol–water partition coefficient (Wildman–Crippen LogP) is 1.01. The molecule has 43 valence electrons. The molecule has 0 saturated heterocycles. The van der Waals surface area contributed by atoms with Crippen LogP contribution in [0.3, 0.4) is 0 Å². The van der Waals surface area contributed by atoms with E-state index in [2.05, 4.69) is 16.6 Å². The van der Waals surface area contributed by atoms with Crippen LogP contribution in [0.25, 0.3) is 0 Å². The van der Waals surface area contributed by atoms with E-state index >= 15 is 0 Å². The normalized spacial score (nSPS) is 9.43. The second kappa shape index (κ2) is 6.21. The quantitative estimate of drug-likeness (QED) is 0.410. The van der Waals surface area contributed by atoms with Crippen molar-refractivity contribution >= 4 is 11.6 Å². The maximum Gasteiger partial charge on any atom is 0.120 e. The maximum atomic E-state index is 5.14. The van der Waals surface area contributed by atoms with Crippen molar-refractivity contribution in [3.05, 3.63) is 7.11 Å². The van der Waals surface area contributed by atoms with Crippen LogP contribution in [-0.4, -0.2) is 19.3 Å². The minimum atomic E-state index is 0.226. The Morgan fingerprint density at radius 2 is 2.14 bits per heavy atom. The highest BCUT2D eigenvalue weighted by molar-refractivity contribution is 6.17. The van der Waals surface area contributed by atoms with Gasteiger partial charge in [-0.05, 0) is 0 Å². The summed E-state index contributed by atoms with van der Waals surface area (Å²) in [7, 11) is 3.13. The zero-order valence-electron chi connectivity index (χ0n) is 4.02. The number of alkyl halides is 1. The molecule has 0 aromatic rings. The molecule has 3 heteroatoms. The summed E-state index contributed by atoms with van der Waals surface area (Å²) in [4.78, 5) is 0. The second-order valence-corrected chi connectivity index (χ2v) is 1.14. The first-order chi connectivity index (χ1) is 3.41. The lowest BCUT2D eigenvalue weighted by Crippen LogP contribution is -1.98. The average Bonchev–Trinajstić information content (AvgIpc) is 1.69. The van der Waals surface area contributed by atoms with Crippen LogP contribution < -0.4 is 0 Å². The standard InChI is InChI=1S/C4H8ClO2/c1-6-2-3-7-4-5/h1-4H2. The molecule has 0 spiro atoms. The first kappa shape index (κ1) is 7.21. The van der Waals surface area contributed by atoms with E-state index in [1.165, 1.54) is 0 Å². The monoisotopic (exact) mass is 123 g/mol. The molecular weight excluding hydrogens is 115 g/mol. The van der Waals surface area contributed by atoms with E-state index in [-0.39, 0.29) is 6.07 Å². The molecule has 0 N–H and O–H groups in total. The van der Waals surface area contributed by atoms with Crippen molar-refractivity contribution in [3.8, 4) is 0 Å². The largest absolute Gasteiger partial charge is 0.377 e. The first-order valence-corrected chi connectivity index (χ1v) is 2.46. The molecule has 0 aliphatic carbocycles. The molecule has 0 unspecified atom stereocenters. The van der Waals surface area contributed by atoms with E-state index in [0.29, 0.717) is 13.2 Å². The Bertz CT molecular complexity index is 28.9. The van der Waals surface area contributed by atoms with E-state index in [9.17, 15) is 0 Å². The van der Waals surface area contributed by atoms with Crippen LogP contribution in [0, 0.1) is 7.11 Å². The van der Waals surface area contributed by atoms with Crippen molar-refractivity contribution in [2.45, 2.75) is 0 Å². The highest BCUT2D eigenvalue weighted by Gasteiger charge is 1.79. The molecule has 0 amide bonds. The van der Waals surface area contributed by atoms with Crippen LogP contribution >= 0.6 is 11.6 Å². The van der Waals surface area contributed by atoms with Gasteiger partial charge in [-0.15, -0.1) is 0 Å². The van der Waals surface area contributed by atoms with Gasteiger partial charge in [-0.3, -0.25) is 0 Å². The van der Waals surface area contributed by atoms with E-state index in [4.69, 9.17) is 11.6 Å². The van der Waals surface area contributed by atoms with Gasteiger partial charge >= 0.3 is 0 Å². The lowest BCUT2D eigenvalue weighted by molar-refractivity contribution is 0.110. The topological polar surface area (TPSA) is 18.5 Å². The summed E-state index contributed by atoms with van der Waals surface area (Å²) >= 11 is 5.14. The van der Waals surface area contributed by atoms with Crippen molar-refractivity contribution in [3.63, 3.8) is 0 Å². The fraction of sp³-hybridized carbons (Fsp3) is 0.750. The highest BCUT2D eigenvalue weighted by Crippen LogP contribution is 1.78. The van der Waals surface area contributed by atoms with Crippen molar-refractivity contribution < 1.29 is 9.47 Å². The molecule has 0 aromatic heterocycles. The van der Waals surface area contributed by atoms with Crippen LogP contribution in [0.4, 0.5) is 0 Å². The number of halogens is 1. The second-order valence-electron chi connectivity index (χ2n) is 0.926. The van der Waals surface area contributed by atoms with Crippen LogP contribution in [-0.2, 0) is 9.47 Å². The van der Waals surface area contributed by atoms with Crippen molar-refractivity contribution in [1.29, 1.82) is 0 Å². The Morgan fingerprint density at radius 3 is 2.57 bits per heavy atom. The molecule has 0 heterocycles. The van der Waals surface area contributed by atoms with Gasteiger partial charge in [0.2, 0.25) is 0 Å². The molecule has 0 aromatic carbocycles. The molecule has 0 bridgehead atoms. The molecule has 0 aliphatic heterocycles. The van der Waals surface area contributed by atoms with Crippen molar-refractivity contribution in [1.82, 2.24) is 0 Å². The van der Waals surface area contributed by atoms with Gasteiger partial charge in [0.25, 0.3) is 0 Å². The van der Waals surface area contributed by atoms with Crippen molar-refractivity contribution in [2.24, 2.45) is 0 Å². The SMILES string of the molecule is [CH2]OCCOCCl. The highest BCUT2D eigenvalue weighted by atomic mass is 35.5. The molecule has 0 saturated carbocycles. The van der Waals surface area contributed by atoms with E-state index in [1.807, 2.05) is 0 Å². The summed E-state index contributed by atoms with van der Waals surface area (Å²) in [5, 5.41) is 0. The lowest BCUT2D eigenvalue weighted by Gasteiger charge is -1.94. The van der Waals surface area contributed by atoms with Gasteiger partial charge in [0.05, 0.1) is 20.3 Å². The minimum absolute atomic E-state index is 0.226. The van der Waals surface area contributed by atoms with E-state index in [1.54, 1.807) is 0 Å². The third kappa shape index (κ3) is 6.21. The first-order valence-electron chi connectivity index (χ1n) is 1.92. The van der Waals surface area contributed by atoms with Crippen LogP contribution in [0.15, 0.2) is 0 Å². The third-order valence-corrected chi connectivity index (χ3v) is 0.603. The smallest absolute Gasteiger partial charge is 0.120 e. The fourth-order valence-electron chi connectivity index (χ4n) is 0.172. The third-order valence-electron chi connectivity index (χ3n) is 0.449. The number of ether oxygens (including phenoxy) is 2. The summed E-state index contributed by atoms with van der Waals surface area (Å²) in [6, 6.07) is 0.226. The maximum absolute atomic E-state index is 5.14. The zero-order chi connectivity index (χ0) is 5.54. The Labute approximate surface area is 48.4 Å². The number of hydrogen-bond acceptors (Lipinski definition) is 2. The summed E-state index contributed by atoms with van der Waals surface area (Å²) in [5.41, 5.74) is 0. The zero-order valence-corrected chi connectivity index (χ0v) is 4.78. The molecule has 7 heavy (non-hydrogen) atoms. The molecule has 0 aliphatic rings. The van der Waals surface area contributed by atoms with Gasteiger partial charge in [-0.2, -0.15) is 0 Å². The molecule has 0 atom stereocenters. The molecule has 0 fully saturated rings. The Hall–Kier alpha value is 0.210. The van der Waals surface area contributed by atoms with Gasteiger partial charge in [0.15, 0.2) is 0 Å².